The van der Waals surface area contributed by atoms with Crippen LogP contribution < -0.4 is 0 Å². The molecule has 2 atom stereocenters. The van der Waals surface area contributed by atoms with Crippen LogP contribution in [0.25, 0.3) is 0 Å². The van der Waals surface area contributed by atoms with Crippen LogP contribution in [-0.4, -0.2) is 42.6 Å². The quantitative estimate of drug-likeness (QED) is 0.848. The van der Waals surface area contributed by atoms with E-state index >= 15 is 0 Å². The first-order valence-electron chi connectivity index (χ1n) is 9.05. The second-order valence-electron chi connectivity index (χ2n) is 8.24. The minimum atomic E-state index is -1.28. The van der Waals surface area contributed by atoms with Crippen molar-refractivity contribution >= 4 is 5.78 Å². The predicted octanol–water partition coefficient (Wildman–Crippen LogP) is 3.12. The molecule has 1 aliphatic carbocycles. The molecule has 23 heavy (non-hydrogen) atoms. The number of likely N-dealkylation sites (tertiary alicyclic amines) is 1. The third kappa shape index (κ3) is 3.36. The minimum Gasteiger partial charge on any atom is -0.377 e. The van der Waals surface area contributed by atoms with Crippen molar-refractivity contribution in [1.82, 2.24) is 0 Å². The van der Waals surface area contributed by atoms with E-state index in [-0.39, 0.29) is 11.7 Å². The summed E-state index contributed by atoms with van der Waals surface area (Å²) < 4.78 is 0.991. The van der Waals surface area contributed by atoms with Crippen molar-refractivity contribution in [3.8, 4) is 0 Å². The molecule has 1 saturated heterocycles. The number of Topliss-reactive ketones (excluding diaryl/α,β-unsaturated/α-hetero) is 1. The van der Waals surface area contributed by atoms with E-state index in [1.807, 2.05) is 30.3 Å². The second-order valence-corrected chi connectivity index (χ2v) is 8.24. The highest BCUT2D eigenvalue weighted by Crippen LogP contribution is 2.42. The van der Waals surface area contributed by atoms with Gasteiger partial charge in [-0.1, -0.05) is 43.2 Å². The maximum Gasteiger partial charge on any atom is 0.169 e. The SMILES string of the molecule is C[N+]1(C)CC[C@@H](CC(=O)[C@](O)(c2ccccc2)C2CCCC2)C1. The zero-order chi connectivity index (χ0) is 16.5. The Morgan fingerprint density at radius 1 is 1.17 bits per heavy atom. The van der Waals surface area contributed by atoms with Gasteiger partial charge < -0.3 is 9.59 Å². The van der Waals surface area contributed by atoms with Crippen molar-refractivity contribution < 1.29 is 14.4 Å². The molecule has 1 aliphatic heterocycles. The van der Waals surface area contributed by atoms with Crippen LogP contribution in [0.2, 0.25) is 0 Å². The fourth-order valence-corrected chi connectivity index (χ4v) is 4.66. The number of hydrogen-bond acceptors (Lipinski definition) is 2. The fraction of sp³-hybridized carbons (Fsp3) is 0.650. The first-order valence-corrected chi connectivity index (χ1v) is 9.05. The molecule has 3 nitrogen and oxygen atoms in total. The van der Waals surface area contributed by atoms with E-state index in [0.717, 1.165) is 55.2 Å². The normalized spacial score (nSPS) is 27.0. The zero-order valence-corrected chi connectivity index (χ0v) is 14.5. The van der Waals surface area contributed by atoms with Gasteiger partial charge in [0.1, 0.15) is 0 Å². The van der Waals surface area contributed by atoms with Gasteiger partial charge in [-0.2, -0.15) is 0 Å². The van der Waals surface area contributed by atoms with Gasteiger partial charge in [-0.25, -0.2) is 0 Å². The summed E-state index contributed by atoms with van der Waals surface area (Å²) in [5, 5.41) is 11.5. The molecule has 0 amide bonds. The molecule has 0 bridgehead atoms. The Bertz CT molecular complexity index is 548. The molecule has 0 radical (unpaired) electrons. The number of carbonyl (C=O) groups excluding carboxylic acids is 1. The van der Waals surface area contributed by atoms with Gasteiger partial charge in [0, 0.05) is 18.8 Å². The predicted molar refractivity (Wildman–Crippen MR) is 91.9 cm³/mol. The number of hydrogen-bond donors (Lipinski definition) is 1. The van der Waals surface area contributed by atoms with E-state index in [9.17, 15) is 9.90 Å². The van der Waals surface area contributed by atoms with E-state index in [1.165, 1.54) is 0 Å². The van der Waals surface area contributed by atoms with E-state index in [2.05, 4.69) is 14.1 Å². The minimum absolute atomic E-state index is 0.0440. The van der Waals surface area contributed by atoms with Crippen LogP contribution in [0.1, 0.15) is 44.1 Å². The van der Waals surface area contributed by atoms with Gasteiger partial charge in [0.2, 0.25) is 0 Å². The van der Waals surface area contributed by atoms with Crippen LogP contribution in [0.4, 0.5) is 0 Å². The summed E-state index contributed by atoms with van der Waals surface area (Å²) >= 11 is 0. The summed E-state index contributed by atoms with van der Waals surface area (Å²) in [6, 6.07) is 9.64. The lowest BCUT2D eigenvalue weighted by molar-refractivity contribution is -0.879. The van der Waals surface area contributed by atoms with E-state index in [0.29, 0.717) is 12.3 Å². The number of rotatable bonds is 5. The molecule has 0 spiro atoms. The van der Waals surface area contributed by atoms with Crippen molar-refractivity contribution in [2.24, 2.45) is 11.8 Å². The van der Waals surface area contributed by atoms with Gasteiger partial charge in [0.05, 0.1) is 27.2 Å². The van der Waals surface area contributed by atoms with E-state index in [1.54, 1.807) is 0 Å². The van der Waals surface area contributed by atoms with Crippen molar-refractivity contribution in [2.75, 3.05) is 27.2 Å². The maximum atomic E-state index is 13.2. The Kier molecular flexibility index (Phi) is 4.61. The Morgan fingerprint density at radius 3 is 2.39 bits per heavy atom. The van der Waals surface area contributed by atoms with Gasteiger partial charge in [-0.15, -0.1) is 0 Å². The summed E-state index contributed by atoms with van der Waals surface area (Å²) in [5.74, 6) is 0.540. The summed E-state index contributed by atoms with van der Waals surface area (Å²) in [6.07, 6.45) is 5.78. The van der Waals surface area contributed by atoms with Crippen LogP contribution in [0, 0.1) is 11.8 Å². The molecule has 1 heterocycles. The summed E-state index contributed by atoms with van der Waals surface area (Å²) in [5.41, 5.74) is -0.485. The van der Waals surface area contributed by atoms with Crippen LogP contribution in [0.5, 0.6) is 0 Å². The molecular weight excluding hydrogens is 286 g/mol. The molecular formula is C20H30NO2+. The summed E-state index contributed by atoms with van der Waals surface area (Å²) in [6.45, 7) is 2.17. The van der Waals surface area contributed by atoms with Gasteiger partial charge in [-0.05, 0) is 24.3 Å². The third-order valence-electron chi connectivity index (χ3n) is 5.95. The number of aliphatic hydroxyl groups is 1. The summed E-state index contributed by atoms with van der Waals surface area (Å²) in [4.78, 5) is 13.2. The molecule has 0 aromatic heterocycles. The van der Waals surface area contributed by atoms with Gasteiger partial charge >= 0.3 is 0 Å². The van der Waals surface area contributed by atoms with Gasteiger partial charge in [-0.3, -0.25) is 4.79 Å². The van der Waals surface area contributed by atoms with Crippen LogP contribution >= 0.6 is 0 Å². The molecule has 2 aliphatic rings. The molecule has 3 rings (SSSR count). The lowest BCUT2D eigenvalue weighted by atomic mass is 9.75. The first-order chi connectivity index (χ1) is 10.9. The zero-order valence-electron chi connectivity index (χ0n) is 14.5. The topological polar surface area (TPSA) is 37.3 Å². The number of benzene rings is 1. The van der Waals surface area contributed by atoms with Crippen molar-refractivity contribution in [2.45, 2.75) is 44.1 Å². The number of nitrogens with zero attached hydrogens (tertiary/aromatic N) is 1. The Morgan fingerprint density at radius 2 is 1.83 bits per heavy atom. The lowest BCUT2D eigenvalue weighted by Gasteiger charge is -2.34. The Hall–Kier alpha value is -1.19. The third-order valence-corrected chi connectivity index (χ3v) is 5.95. The maximum absolute atomic E-state index is 13.2. The van der Waals surface area contributed by atoms with Crippen molar-refractivity contribution in [1.29, 1.82) is 0 Å². The first kappa shape index (κ1) is 16.7. The number of ketones is 1. The molecule has 2 fully saturated rings. The standard InChI is InChI=1S/C20H30NO2/c1-21(2)13-12-16(15-21)14-19(22)20(23,18-10-6-7-11-18)17-8-4-3-5-9-17/h3-5,8-9,16,18,23H,6-7,10-15H2,1-2H3/q+1/t16-,20-/m0/s1. The highest BCUT2D eigenvalue weighted by atomic mass is 16.3. The molecule has 1 aromatic carbocycles. The fourth-order valence-electron chi connectivity index (χ4n) is 4.66. The average molecular weight is 316 g/mol. The van der Waals surface area contributed by atoms with E-state index < -0.39 is 5.60 Å². The van der Waals surface area contributed by atoms with Crippen LogP contribution in [0.15, 0.2) is 30.3 Å². The largest absolute Gasteiger partial charge is 0.377 e. The van der Waals surface area contributed by atoms with Crippen LogP contribution in [0.3, 0.4) is 0 Å². The number of carbonyl (C=O) groups is 1. The number of quaternary nitrogens is 1. The molecule has 126 valence electrons. The van der Waals surface area contributed by atoms with Crippen LogP contribution in [-0.2, 0) is 10.4 Å². The molecule has 1 aromatic rings. The Labute approximate surface area is 139 Å². The summed E-state index contributed by atoms with van der Waals surface area (Å²) in [7, 11) is 4.45. The monoisotopic (exact) mass is 316 g/mol. The highest BCUT2D eigenvalue weighted by molar-refractivity contribution is 5.89. The second kappa shape index (κ2) is 6.37. The Balaban J connectivity index is 1.82. The van der Waals surface area contributed by atoms with Gasteiger partial charge in [0.15, 0.2) is 11.4 Å². The lowest BCUT2D eigenvalue weighted by Crippen LogP contribution is -2.43. The van der Waals surface area contributed by atoms with E-state index in [4.69, 9.17) is 0 Å². The molecule has 0 unspecified atom stereocenters. The smallest absolute Gasteiger partial charge is 0.169 e. The van der Waals surface area contributed by atoms with Crippen molar-refractivity contribution in [3.63, 3.8) is 0 Å². The molecule has 1 saturated carbocycles. The van der Waals surface area contributed by atoms with Gasteiger partial charge in [0.25, 0.3) is 0 Å². The highest BCUT2D eigenvalue weighted by Gasteiger charge is 2.47. The average Bonchev–Trinajstić information content (AvgIpc) is 3.17. The van der Waals surface area contributed by atoms with Crippen molar-refractivity contribution in [3.05, 3.63) is 35.9 Å². The molecule has 3 heteroatoms. The molecule has 1 N–H and O–H groups in total.